The lowest BCUT2D eigenvalue weighted by molar-refractivity contribution is -0.131. The van der Waals surface area contributed by atoms with Gasteiger partial charge in [0.1, 0.15) is 11.5 Å². The Balaban J connectivity index is 2.11. The minimum Gasteiger partial charge on any atom is -0.497 e. The van der Waals surface area contributed by atoms with Crippen molar-refractivity contribution in [1.29, 1.82) is 0 Å². The molecule has 1 unspecified atom stereocenters. The molecule has 0 saturated carbocycles. The van der Waals surface area contributed by atoms with Crippen LogP contribution in [0.2, 0.25) is 5.02 Å². The Labute approximate surface area is 145 Å². The summed E-state index contributed by atoms with van der Waals surface area (Å²) >= 11 is 6.08. The molecule has 0 aliphatic rings. The van der Waals surface area contributed by atoms with Crippen molar-refractivity contribution in [3.63, 3.8) is 0 Å². The zero-order valence-corrected chi connectivity index (χ0v) is 14.5. The standard InChI is InChI=1S/C17H19ClN2O4/c1-22-12-5-4-11(15(8-12)23-2)9-20-17(21)16(24-3)13-6-7-19-10-14(13)18/h4-8,10,16H,9H2,1-3H3,(H,20,21). The Bertz CT molecular complexity index is 709. The lowest BCUT2D eigenvalue weighted by Gasteiger charge is -2.17. The number of amides is 1. The van der Waals surface area contributed by atoms with Crippen molar-refractivity contribution in [3.8, 4) is 11.5 Å². The molecule has 2 rings (SSSR count). The number of aromatic nitrogens is 1. The number of carbonyl (C=O) groups excluding carboxylic acids is 1. The van der Waals surface area contributed by atoms with E-state index in [1.54, 1.807) is 38.6 Å². The highest BCUT2D eigenvalue weighted by Crippen LogP contribution is 2.26. The van der Waals surface area contributed by atoms with Crippen LogP contribution in [0.25, 0.3) is 0 Å². The summed E-state index contributed by atoms with van der Waals surface area (Å²) in [5.74, 6) is 1.01. The molecule has 128 valence electrons. The second-order valence-electron chi connectivity index (χ2n) is 4.91. The summed E-state index contributed by atoms with van der Waals surface area (Å²) in [6.07, 6.45) is 2.22. The zero-order valence-electron chi connectivity index (χ0n) is 13.7. The molecule has 0 aliphatic carbocycles. The molecule has 2 aromatic rings. The maximum atomic E-state index is 12.4. The van der Waals surface area contributed by atoms with E-state index in [0.717, 1.165) is 5.56 Å². The second kappa shape index (κ2) is 8.52. The van der Waals surface area contributed by atoms with Gasteiger partial charge in [-0.3, -0.25) is 9.78 Å². The predicted octanol–water partition coefficient (Wildman–Crippen LogP) is 2.76. The maximum Gasteiger partial charge on any atom is 0.254 e. The number of nitrogens with one attached hydrogen (secondary N) is 1. The van der Waals surface area contributed by atoms with Crippen molar-refractivity contribution in [2.75, 3.05) is 21.3 Å². The molecule has 1 amide bonds. The Morgan fingerprint density at radius 2 is 2.04 bits per heavy atom. The first kappa shape index (κ1) is 18.0. The molecule has 0 radical (unpaired) electrons. The molecule has 1 aromatic carbocycles. The van der Waals surface area contributed by atoms with E-state index in [4.69, 9.17) is 25.8 Å². The average Bonchev–Trinajstić information content (AvgIpc) is 2.62. The molecule has 0 saturated heterocycles. The number of rotatable bonds is 7. The normalized spacial score (nSPS) is 11.7. The van der Waals surface area contributed by atoms with Crippen LogP contribution in [-0.4, -0.2) is 32.2 Å². The summed E-state index contributed by atoms with van der Waals surface area (Å²) in [6, 6.07) is 7.05. The number of benzene rings is 1. The second-order valence-corrected chi connectivity index (χ2v) is 5.32. The SMILES string of the molecule is COc1ccc(CNC(=O)C(OC)c2ccncc2Cl)c(OC)c1. The molecular formula is C17H19ClN2O4. The van der Waals surface area contributed by atoms with Crippen LogP contribution in [0, 0.1) is 0 Å². The van der Waals surface area contributed by atoms with Crippen molar-refractivity contribution < 1.29 is 19.0 Å². The number of carbonyl (C=O) groups is 1. The molecule has 0 fully saturated rings. The fourth-order valence-electron chi connectivity index (χ4n) is 2.25. The third-order valence-corrected chi connectivity index (χ3v) is 3.82. The Kier molecular flexibility index (Phi) is 6.40. The van der Waals surface area contributed by atoms with Gasteiger partial charge in [0, 0.05) is 43.2 Å². The first-order valence-electron chi connectivity index (χ1n) is 7.21. The quantitative estimate of drug-likeness (QED) is 0.831. The van der Waals surface area contributed by atoms with Crippen LogP contribution in [0.5, 0.6) is 11.5 Å². The minimum atomic E-state index is -0.815. The highest BCUT2D eigenvalue weighted by atomic mass is 35.5. The predicted molar refractivity (Wildman–Crippen MR) is 90.4 cm³/mol. The average molecular weight is 351 g/mol. The lowest BCUT2D eigenvalue weighted by atomic mass is 10.1. The molecule has 1 heterocycles. The molecule has 1 atom stereocenters. The van der Waals surface area contributed by atoms with Gasteiger partial charge in [-0.15, -0.1) is 0 Å². The third kappa shape index (κ3) is 4.15. The van der Waals surface area contributed by atoms with Crippen LogP contribution < -0.4 is 14.8 Å². The van der Waals surface area contributed by atoms with Crippen LogP contribution in [0.3, 0.4) is 0 Å². The molecule has 6 nitrogen and oxygen atoms in total. The van der Waals surface area contributed by atoms with Crippen LogP contribution in [0.1, 0.15) is 17.2 Å². The van der Waals surface area contributed by atoms with Crippen molar-refractivity contribution in [1.82, 2.24) is 10.3 Å². The van der Waals surface area contributed by atoms with Crippen molar-refractivity contribution in [2.24, 2.45) is 0 Å². The van der Waals surface area contributed by atoms with E-state index in [0.29, 0.717) is 22.1 Å². The first-order chi connectivity index (χ1) is 11.6. The van der Waals surface area contributed by atoms with Crippen molar-refractivity contribution in [3.05, 3.63) is 52.8 Å². The van der Waals surface area contributed by atoms with Crippen LogP contribution in [0.4, 0.5) is 0 Å². The van der Waals surface area contributed by atoms with Gasteiger partial charge in [0.25, 0.3) is 5.91 Å². The van der Waals surface area contributed by atoms with Gasteiger partial charge < -0.3 is 19.5 Å². The topological polar surface area (TPSA) is 69.7 Å². The van der Waals surface area contributed by atoms with Gasteiger partial charge in [-0.25, -0.2) is 0 Å². The fourth-order valence-corrected chi connectivity index (χ4v) is 2.47. The number of nitrogens with zero attached hydrogens (tertiary/aromatic N) is 1. The van der Waals surface area contributed by atoms with Gasteiger partial charge in [0.15, 0.2) is 6.10 Å². The highest BCUT2D eigenvalue weighted by Gasteiger charge is 2.22. The molecule has 7 heteroatoms. The van der Waals surface area contributed by atoms with E-state index < -0.39 is 6.10 Å². The van der Waals surface area contributed by atoms with E-state index in [1.165, 1.54) is 13.3 Å². The third-order valence-electron chi connectivity index (χ3n) is 3.51. The number of halogens is 1. The van der Waals surface area contributed by atoms with E-state index in [1.807, 2.05) is 6.07 Å². The largest absolute Gasteiger partial charge is 0.497 e. The summed E-state index contributed by atoms with van der Waals surface area (Å²) in [4.78, 5) is 16.3. The van der Waals surface area contributed by atoms with E-state index in [9.17, 15) is 4.79 Å². The first-order valence-corrected chi connectivity index (χ1v) is 7.59. The zero-order chi connectivity index (χ0) is 17.5. The minimum absolute atomic E-state index is 0.286. The van der Waals surface area contributed by atoms with E-state index in [2.05, 4.69) is 10.3 Å². The maximum absolute atomic E-state index is 12.4. The van der Waals surface area contributed by atoms with Gasteiger partial charge in [0.2, 0.25) is 0 Å². The molecular weight excluding hydrogens is 332 g/mol. The molecule has 0 bridgehead atoms. The number of ether oxygens (including phenoxy) is 3. The van der Waals surface area contributed by atoms with E-state index in [-0.39, 0.29) is 12.5 Å². The lowest BCUT2D eigenvalue weighted by Crippen LogP contribution is -2.30. The number of methoxy groups -OCH3 is 3. The number of hydrogen-bond donors (Lipinski definition) is 1. The Morgan fingerprint density at radius 1 is 1.25 bits per heavy atom. The van der Waals surface area contributed by atoms with Gasteiger partial charge in [-0.2, -0.15) is 0 Å². The van der Waals surface area contributed by atoms with Crippen molar-refractivity contribution >= 4 is 17.5 Å². The summed E-state index contributed by atoms with van der Waals surface area (Å²) in [5.41, 5.74) is 1.38. The molecule has 0 aliphatic heterocycles. The van der Waals surface area contributed by atoms with Crippen LogP contribution in [0.15, 0.2) is 36.7 Å². The van der Waals surface area contributed by atoms with Gasteiger partial charge in [-0.05, 0) is 18.2 Å². The highest BCUT2D eigenvalue weighted by molar-refractivity contribution is 6.31. The molecule has 0 spiro atoms. The van der Waals surface area contributed by atoms with Gasteiger partial charge >= 0.3 is 0 Å². The summed E-state index contributed by atoms with van der Waals surface area (Å²) in [5, 5.41) is 3.20. The van der Waals surface area contributed by atoms with Crippen LogP contribution >= 0.6 is 11.6 Å². The molecule has 24 heavy (non-hydrogen) atoms. The van der Waals surface area contributed by atoms with Crippen LogP contribution in [-0.2, 0) is 16.1 Å². The smallest absolute Gasteiger partial charge is 0.254 e. The van der Waals surface area contributed by atoms with Crippen molar-refractivity contribution in [2.45, 2.75) is 12.6 Å². The van der Waals surface area contributed by atoms with Gasteiger partial charge in [-0.1, -0.05) is 11.6 Å². The number of hydrogen-bond acceptors (Lipinski definition) is 5. The summed E-state index contributed by atoms with van der Waals surface area (Å²) in [7, 11) is 4.60. The van der Waals surface area contributed by atoms with Gasteiger partial charge in [0.05, 0.1) is 19.2 Å². The fraction of sp³-hybridized carbons (Fsp3) is 0.294. The monoisotopic (exact) mass is 350 g/mol. The summed E-state index contributed by atoms with van der Waals surface area (Å²) in [6.45, 7) is 0.286. The molecule has 1 N–H and O–H groups in total. The number of pyridine rings is 1. The summed E-state index contributed by atoms with van der Waals surface area (Å²) < 4.78 is 15.8. The van der Waals surface area contributed by atoms with E-state index >= 15 is 0 Å². The Hall–Kier alpha value is -2.31. The molecule has 1 aromatic heterocycles. The Morgan fingerprint density at radius 3 is 2.67 bits per heavy atom.